The van der Waals surface area contributed by atoms with Gasteiger partial charge >= 0.3 is 0 Å². The molecule has 0 aromatic heterocycles. The summed E-state index contributed by atoms with van der Waals surface area (Å²) in [6.45, 7) is 9.08. The van der Waals surface area contributed by atoms with Crippen LogP contribution in [-0.2, 0) is 0 Å². The van der Waals surface area contributed by atoms with Gasteiger partial charge < -0.3 is 0 Å². The third-order valence-corrected chi connectivity index (χ3v) is 6.76. The van der Waals surface area contributed by atoms with Crippen molar-refractivity contribution in [2.75, 3.05) is 0 Å². The van der Waals surface area contributed by atoms with Crippen molar-refractivity contribution in [3.8, 4) is 11.1 Å². The molecule has 0 aliphatic heterocycles. The standard InChI is InChI=1S/C27H37F/c1-5-21(9-6-19(2)3)25-16-17-26(27(28)18-25)24-14-12-23(13-15-24)22-10-7-20(4)8-11-22/h12-22H,5-11H2,1-4H3. The van der Waals surface area contributed by atoms with Crippen LogP contribution in [0.15, 0.2) is 42.5 Å². The molecule has 2 aromatic carbocycles. The number of hydrogen-bond acceptors (Lipinski definition) is 0. The Bertz CT molecular complexity index is 735. The van der Waals surface area contributed by atoms with E-state index < -0.39 is 0 Å². The maximum atomic E-state index is 14.9. The van der Waals surface area contributed by atoms with Crippen molar-refractivity contribution in [2.45, 2.75) is 84.5 Å². The maximum absolute atomic E-state index is 14.9. The van der Waals surface area contributed by atoms with E-state index in [1.165, 1.54) is 37.7 Å². The van der Waals surface area contributed by atoms with Crippen LogP contribution in [0.4, 0.5) is 4.39 Å². The minimum absolute atomic E-state index is 0.0836. The summed E-state index contributed by atoms with van der Waals surface area (Å²) >= 11 is 0. The van der Waals surface area contributed by atoms with E-state index in [2.05, 4.69) is 58.0 Å². The van der Waals surface area contributed by atoms with Crippen molar-refractivity contribution >= 4 is 0 Å². The van der Waals surface area contributed by atoms with Gasteiger partial charge in [-0.1, -0.05) is 83.4 Å². The monoisotopic (exact) mass is 380 g/mol. The van der Waals surface area contributed by atoms with Crippen molar-refractivity contribution in [3.05, 3.63) is 59.4 Å². The third-order valence-electron chi connectivity index (χ3n) is 6.76. The highest BCUT2D eigenvalue weighted by Crippen LogP contribution is 2.37. The van der Waals surface area contributed by atoms with Crippen molar-refractivity contribution in [2.24, 2.45) is 11.8 Å². The first-order valence-corrected chi connectivity index (χ1v) is 11.4. The molecule has 152 valence electrons. The summed E-state index contributed by atoms with van der Waals surface area (Å²) in [7, 11) is 0. The largest absolute Gasteiger partial charge is 0.206 e. The predicted molar refractivity (Wildman–Crippen MR) is 119 cm³/mol. The molecule has 1 atom stereocenters. The van der Waals surface area contributed by atoms with Gasteiger partial charge in [-0.15, -0.1) is 0 Å². The van der Waals surface area contributed by atoms with E-state index in [1.807, 2.05) is 6.07 Å². The fraction of sp³-hybridized carbons (Fsp3) is 0.556. The lowest BCUT2D eigenvalue weighted by Gasteiger charge is -2.26. The van der Waals surface area contributed by atoms with Crippen LogP contribution in [0, 0.1) is 17.7 Å². The van der Waals surface area contributed by atoms with Crippen molar-refractivity contribution < 1.29 is 4.39 Å². The molecular weight excluding hydrogens is 343 g/mol. The Morgan fingerprint density at radius 2 is 1.61 bits per heavy atom. The van der Waals surface area contributed by atoms with E-state index in [-0.39, 0.29) is 5.82 Å². The third kappa shape index (κ3) is 5.25. The highest BCUT2D eigenvalue weighted by atomic mass is 19.1. The number of hydrogen-bond donors (Lipinski definition) is 0. The Labute approximate surface area is 171 Å². The van der Waals surface area contributed by atoms with Gasteiger partial charge in [-0.25, -0.2) is 4.39 Å². The van der Waals surface area contributed by atoms with Crippen LogP contribution in [0.5, 0.6) is 0 Å². The van der Waals surface area contributed by atoms with Crippen LogP contribution in [0.3, 0.4) is 0 Å². The van der Waals surface area contributed by atoms with Gasteiger partial charge in [0.25, 0.3) is 0 Å². The molecule has 1 aliphatic carbocycles. The molecule has 2 aromatic rings. The maximum Gasteiger partial charge on any atom is 0.131 e. The SMILES string of the molecule is CCC(CCC(C)C)c1ccc(-c2ccc(C3CCC(C)CC3)cc2)c(F)c1. The van der Waals surface area contributed by atoms with E-state index in [1.54, 1.807) is 6.07 Å². The molecule has 0 heterocycles. The van der Waals surface area contributed by atoms with Crippen LogP contribution in [0.25, 0.3) is 11.1 Å². The predicted octanol–water partition coefficient (Wildman–Crippen LogP) is 8.72. The second-order valence-electron chi connectivity index (χ2n) is 9.39. The van der Waals surface area contributed by atoms with E-state index >= 15 is 0 Å². The Kier molecular flexibility index (Phi) is 7.32. The molecule has 0 amide bonds. The average molecular weight is 381 g/mol. The van der Waals surface area contributed by atoms with E-state index in [0.717, 1.165) is 35.4 Å². The quantitative estimate of drug-likeness (QED) is 0.450. The molecule has 1 aliphatic rings. The molecule has 0 bridgehead atoms. The number of rotatable bonds is 7. The second kappa shape index (κ2) is 9.72. The smallest absolute Gasteiger partial charge is 0.131 e. The minimum Gasteiger partial charge on any atom is -0.206 e. The molecule has 1 fully saturated rings. The first kappa shape index (κ1) is 21.1. The summed E-state index contributed by atoms with van der Waals surface area (Å²) in [5, 5.41) is 0. The summed E-state index contributed by atoms with van der Waals surface area (Å²) in [5.41, 5.74) is 4.29. The first-order valence-electron chi connectivity index (χ1n) is 11.4. The molecule has 0 radical (unpaired) electrons. The normalized spacial score (nSPS) is 21.1. The number of benzene rings is 2. The topological polar surface area (TPSA) is 0 Å². The second-order valence-corrected chi connectivity index (χ2v) is 9.39. The van der Waals surface area contributed by atoms with E-state index in [4.69, 9.17) is 0 Å². The van der Waals surface area contributed by atoms with Crippen molar-refractivity contribution in [3.63, 3.8) is 0 Å². The van der Waals surface area contributed by atoms with Gasteiger partial charge in [0.05, 0.1) is 0 Å². The van der Waals surface area contributed by atoms with E-state index in [0.29, 0.717) is 17.8 Å². The van der Waals surface area contributed by atoms with Crippen LogP contribution < -0.4 is 0 Å². The summed E-state index contributed by atoms with van der Waals surface area (Å²) in [4.78, 5) is 0. The van der Waals surface area contributed by atoms with Gasteiger partial charge in [-0.3, -0.25) is 0 Å². The molecule has 3 rings (SSSR count). The van der Waals surface area contributed by atoms with Gasteiger partial charge in [-0.05, 0) is 72.1 Å². The van der Waals surface area contributed by atoms with E-state index in [9.17, 15) is 4.39 Å². The molecule has 0 N–H and O–H groups in total. The van der Waals surface area contributed by atoms with Gasteiger partial charge in [0, 0.05) is 5.56 Å². The summed E-state index contributed by atoms with van der Waals surface area (Å²) in [6, 6.07) is 14.6. The average Bonchev–Trinajstić information content (AvgIpc) is 2.69. The fourth-order valence-electron chi connectivity index (χ4n) is 4.69. The molecule has 0 saturated heterocycles. The molecule has 1 saturated carbocycles. The Morgan fingerprint density at radius 3 is 2.18 bits per heavy atom. The van der Waals surface area contributed by atoms with Crippen molar-refractivity contribution in [1.29, 1.82) is 0 Å². The zero-order valence-electron chi connectivity index (χ0n) is 18.2. The Morgan fingerprint density at radius 1 is 0.929 bits per heavy atom. The lowest BCUT2D eigenvalue weighted by molar-refractivity contribution is 0.348. The minimum atomic E-state index is -0.0836. The van der Waals surface area contributed by atoms with Crippen LogP contribution in [-0.4, -0.2) is 0 Å². The van der Waals surface area contributed by atoms with Crippen molar-refractivity contribution in [1.82, 2.24) is 0 Å². The molecule has 1 unspecified atom stereocenters. The Balaban J connectivity index is 1.73. The molecule has 0 nitrogen and oxygen atoms in total. The lowest BCUT2D eigenvalue weighted by Crippen LogP contribution is -2.10. The highest BCUT2D eigenvalue weighted by molar-refractivity contribution is 5.65. The lowest BCUT2D eigenvalue weighted by atomic mass is 9.79. The van der Waals surface area contributed by atoms with Crippen LogP contribution in [0.1, 0.15) is 95.6 Å². The van der Waals surface area contributed by atoms with Gasteiger partial charge in [0.15, 0.2) is 0 Å². The van der Waals surface area contributed by atoms with Crippen LogP contribution in [0.2, 0.25) is 0 Å². The van der Waals surface area contributed by atoms with Crippen LogP contribution >= 0.6 is 0 Å². The van der Waals surface area contributed by atoms with Gasteiger partial charge in [0.2, 0.25) is 0 Å². The summed E-state index contributed by atoms with van der Waals surface area (Å²) in [6.07, 6.45) is 8.65. The fourth-order valence-corrected chi connectivity index (χ4v) is 4.69. The first-order chi connectivity index (χ1) is 13.5. The molecular formula is C27H37F. The molecule has 0 spiro atoms. The number of halogens is 1. The Hall–Kier alpha value is -1.63. The zero-order valence-corrected chi connectivity index (χ0v) is 18.2. The van der Waals surface area contributed by atoms with Gasteiger partial charge in [-0.2, -0.15) is 0 Å². The summed E-state index contributed by atoms with van der Waals surface area (Å²) < 4.78 is 14.9. The summed E-state index contributed by atoms with van der Waals surface area (Å²) in [5.74, 6) is 2.63. The molecule has 28 heavy (non-hydrogen) atoms. The molecule has 1 heteroatoms. The zero-order chi connectivity index (χ0) is 20.1. The highest BCUT2D eigenvalue weighted by Gasteiger charge is 2.20. The van der Waals surface area contributed by atoms with Gasteiger partial charge in [0.1, 0.15) is 5.82 Å².